The van der Waals surface area contributed by atoms with E-state index in [0.29, 0.717) is 40.7 Å². The molecule has 0 saturated carbocycles. The van der Waals surface area contributed by atoms with E-state index in [-0.39, 0.29) is 18.2 Å². The molecule has 0 spiro atoms. The summed E-state index contributed by atoms with van der Waals surface area (Å²) in [6.07, 6.45) is 0.614. The molecule has 2 heterocycles. The first-order valence-electron chi connectivity index (χ1n) is 9.57. The number of anilines is 2. The van der Waals surface area contributed by atoms with Crippen molar-refractivity contribution in [1.29, 1.82) is 0 Å². The normalized spacial score (nSPS) is 15.1. The maximum absolute atomic E-state index is 12.6. The standard InChI is InChI=1S/C20H21N5O4S2/c1-29-17-9-3-14(4-10-17)19-22-23-20(30)24(19)13-18(26)21-15-5-7-16(8-6-15)25-11-2-12-31(25,27)28/h3-10H,2,11-13H2,1H3,(H,21,26)(H,23,30). The molecule has 2 aromatic carbocycles. The number of aromatic amines is 1. The van der Waals surface area contributed by atoms with Crippen molar-refractivity contribution in [1.82, 2.24) is 14.8 Å². The summed E-state index contributed by atoms with van der Waals surface area (Å²) in [5.74, 6) is 1.13. The van der Waals surface area contributed by atoms with Gasteiger partial charge in [0.1, 0.15) is 12.3 Å². The molecule has 9 nitrogen and oxygen atoms in total. The number of nitrogens with one attached hydrogen (secondary N) is 2. The number of carbonyl (C=O) groups is 1. The fourth-order valence-corrected chi connectivity index (χ4v) is 5.17. The zero-order valence-electron chi connectivity index (χ0n) is 16.7. The zero-order chi connectivity index (χ0) is 22.0. The van der Waals surface area contributed by atoms with Crippen LogP contribution in [0, 0.1) is 4.77 Å². The summed E-state index contributed by atoms with van der Waals surface area (Å²) in [6.45, 7) is 0.444. The lowest BCUT2D eigenvalue weighted by Gasteiger charge is -2.17. The van der Waals surface area contributed by atoms with Crippen molar-refractivity contribution in [2.75, 3.05) is 29.0 Å². The van der Waals surface area contributed by atoms with Crippen molar-refractivity contribution in [3.63, 3.8) is 0 Å². The Morgan fingerprint density at radius 2 is 1.90 bits per heavy atom. The molecule has 31 heavy (non-hydrogen) atoms. The largest absolute Gasteiger partial charge is 0.497 e. The quantitative estimate of drug-likeness (QED) is 0.549. The zero-order valence-corrected chi connectivity index (χ0v) is 18.4. The first-order valence-corrected chi connectivity index (χ1v) is 11.6. The van der Waals surface area contributed by atoms with Crippen LogP contribution in [0.25, 0.3) is 11.4 Å². The molecule has 3 aromatic rings. The van der Waals surface area contributed by atoms with Gasteiger partial charge in [-0.3, -0.25) is 18.8 Å². The summed E-state index contributed by atoms with van der Waals surface area (Å²) >= 11 is 5.28. The van der Waals surface area contributed by atoms with E-state index in [0.717, 1.165) is 5.56 Å². The number of rotatable bonds is 6. The number of H-pyrrole nitrogens is 1. The number of amides is 1. The molecule has 1 saturated heterocycles. The number of ether oxygens (including phenoxy) is 1. The van der Waals surface area contributed by atoms with Gasteiger partial charge in [0.2, 0.25) is 15.9 Å². The minimum Gasteiger partial charge on any atom is -0.497 e. The second kappa shape index (κ2) is 8.52. The second-order valence-electron chi connectivity index (χ2n) is 7.00. The van der Waals surface area contributed by atoms with Gasteiger partial charge in [-0.15, -0.1) is 0 Å². The van der Waals surface area contributed by atoms with Gasteiger partial charge in [-0.05, 0) is 67.2 Å². The van der Waals surface area contributed by atoms with E-state index < -0.39 is 10.0 Å². The summed E-state index contributed by atoms with van der Waals surface area (Å²) in [4.78, 5) is 12.6. The number of hydrogen-bond acceptors (Lipinski definition) is 6. The number of nitrogens with zero attached hydrogens (tertiary/aromatic N) is 3. The lowest BCUT2D eigenvalue weighted by molar-refractivity contribution is -0.116. The van der Waals surface area contributed by atoms with Crippen LogP contribution in [0.4, 0.5) is 11.4 Å². The van der Waals surface area contributed by atoms with Gasteiger partial charge in [0.25, 0.3) is 0 Å². The number of methoxy groups -OCH3 is 1. The van der Waals surface area contributed by atoms with Crippen LogP contribution in [0.3, 0.4) is 0 Å². The van der Waals surface area contributed by atoms with Gasteiger partial charge in [0.15, 0.2) is 10.6 Å². The van der Waals surface area contributed by atoms with Gasteiger partial charge in [0.05, 0.1) is 18.6 Å². The van der Waals surface area contributed by atoms with Crippen molar-refractivity contribution < 1.29 is 17.9 Å². The van der Waals surface area contributed by atoms with E-state index in [1.165, 1.54) is 4.31 Å². The average molecular weight is 460 g/mol. The number of hydrogen-bond donors (Lipinski definition) is 2. The van der Waals surface area contributed by atoms with Crippen LogP contribution in [0.2, 0.25) is 0 Å². The molecule has 0 aliphatic carbocycles. The van der Waals surface area contributed by atoms with Crippen molar-refractivity contribution in [3.8, 4) is 17.1 Å². The van der Waals surface area contributed by atoms with E-state index in [9.17, 15) is 13.2 Å². The first-order chi connectivity index (χ1) is 14.9. The third-order valence-electron chi connectivity index (χ3n) is 4.95. The van der Waals surface area contributed by atoms with Crippen LogP contribution in [-0.2, 0) is 21.4 Å². The van der Waals surface area contributed by atoms with E-state index in [1.807, 2.05) is 12.1 Å². The minimum atomic E-state index is -3.24. The molecular weight excluding hydrogens is 438 g/mol. The minimum absolute atomic E-state index is 0.0288. The summed E-state index contributed by atoms with van der Waals surface area (Å²) in [7, 11) is -1.65. The Kier molecular flexibility index (Phi) is 5.79. The highest BCUT2D eigenvalue weighted by atomic mass is 32.2. The van der Waals surface area contributed by atoms with Gasteiger partial charge >= 0.3 is 0 Å². The van der Waals surface area contributed by atoms with Gasteiger partial charge in [-0.2, -0.15) is 5.10 Å². The van der Waals surface area contributed by atoms with Gasteiger partial charge in [-0.1, -0.05) is 0 Å². The smallest absolute Gasteiger partial charge is 0.244 e. The Morgan fingerprint density at radius 3 is 2.52 bits per heavy atom. The van der Waals surface area contributed by atoms with Gasteiger partial charge in [0, 0.05) is 17.8 Å². The highest BCUT2D eigenvalue weighted by molar-refractivity contribution is 7.93. The van der Waals surface area contributed by atoms with Crippen LogP contribution in [-0.4, -0.2) is 48.5 Å². The molecule has 2 N–H and O–H groups in total. The molecule has 1 aromatic heterocycles. The lowest BCUT2D eigenvalue weighted by atomic mass is 10.2. The lowest BCUT2D eigenvalue weighted by Crippen LogP contribution is -2.25. The van der Waals surface area contributed by atoms with E-state index >= 15 is 0 Å². The second-order valence-corrected chi connectivity index (χ2v) is 9.40. The molecule has 0 atom stereocenters. The molecule has 0 unspecified atom stereocenters. The molecule has 0 radical (unpaired) electrons. The maximum Gasteiger partial charge on any atom is 0.244 e. The SMILES string of the molecule is COc1ccc(-c2n[nH]c(=S)n2CC(=O)Nc2ccc(N3CCCS3(=O)=O)cc2)cc1. The Labute approximate surface area is 184 Å². The molecule has 1 fully saturated rings. The summed E-state index contributed by atoms with van der Waals surface area (Å²) in [5.41, 5.74) is 1.94. The summed E-state index contributed by atoms with van der Waals surface area (Å²) in [6, 6.07) is 14.0. The Morgan fingerprint density at radius 1 is 1.19 bits per heavy atom. The third kappa shape index (κ3) is 4.47. The maximum atomic E-state index is 12.6. The number of aromatic nitrogens is 3. The van der Waals surface area contributed by atoms with E-state index in [1.54, 1.807) is 48.1 Å². The van der Waals surface area contributed by atoms with Crippen molar-refractivity contribution in [2.45, 2.75) is 13.0 Å². The van der Waals surface area contributed by atoms with E-state index in [4.69, 9.17) is 17.0 Å². The monoisotopic (exact) mass is 459 g/mol. The van der Waals surface area contributed by atoms with Gasteiger partial charge in [-0.25, -0.2) is 8.42 Å². The number of carbonyl (C=O) groups excluding carboxylic acids is 1. The van der Waals surface area contributed by atoms with E-state index in [2.05, 4.69) is 15.5 Å². The van der Waals surface area contributed by atoms with Crippen LogP contribution in [0.5, 0.6) is 5.75 Å². The average Bonchev–Trinajstić information content (AvgIpc) is 3.30. The van der Waals surface area contributed by atoms with Crippen molar-refractivity contribution in [2.24, 2.45) is 0 Å². The first kappa shape index (κ1) is 21.1. The van der Waals surface area contributed by atoms with Crippen LogP contribution in [0.1, 0.15) is 6.42 Å². The molecule has 1 aliphatic heterocycles. The van der Waals surface area contributed by atoms with Gasteiger partial charge < -0.3 is 10.1 Å². The molecule has 162 valence electrons. The fraction of sp³-hybridized carbons (Fsp3) is 0.250. The molecule has 0 bridgehead atoms. The Bertz CT molecular complexity index is 1250. The van der Waals surface area contributed by atoms with Crippen LogP contribution in [0.15, 0.2) is 48.5 Å². The third-order valence-corrected chi connectivity index (χ3v) is 7.13. The number of benzene rings is 2. The number of sulfonamides is 1. The highest BCUT2D eigenvalue weighted by Gasteiger charge is 2.28. The van der Waals surface area contributed by atoms with Crippen molar-refractivity contribution in [3.05, 3.63) is 53.3 Å². The molecule has 1 aliphatic rings. The summed E-state index contributed by atoms with van der Waals surface area (Å²) < 4.78 is 32.6. The highest BCUT2D eigenvalue weighted by Crippen LogP contribution is 2.25. The Balaban J connectivity index is 1.47. The summed E-state index contributed by atoms with van der Waals surface area (Å²) in [5, 5.41) is 9.76. The fourth-order valence-electron chi connectivity index (χ4n) is 3.41. The molecular formula is C20H21N5O4S2. The molecule has 1 amide bonds. The predicted molar refractivity (Wildman–Crippen MR) is 120 cm³/mol. The molecule has 4 rings (SSSR count). The predicted octanol–water partition coefficient (Wildman–Crippen LogP) is 2.79. The molecule has 11 heteroatoms. The van der Waals surface area contributed by atoms with Crippen molar-refractivity contribution >= 4 is 39.5 Å². The van der Waals surface area contributed by atoms with Crippen LogP contribution < -0.4 is 14.4 Å². The van der Waals surface area contributed by atoms with Crippen LogP contribution >= 0.6 is 12.2 Å². The Hall–Kier alpha value is -3.18. The topological polar surface area (TPSA) is 109 Å².